The molecule has 0 saturated carbocycles. The van der Waals surface area contributed by atoms with Crippen molar-refractivity contribution in [3.8, 4) is 0 Å². The zero-order valence-corrected chi connectivity index (χ0v) is 11.2. The van der Waals surface area contributed by atoms with Crippen molar-refractivity contribution >= 4 is 0 Å². The maximum Gasteiger partial charge on any atom is 0.137 e. The monoisotopic (exact) mass is 244 g/mol. The number of rotatable bonds is 5. The van der Waals surface area contributed by atoms with Gasteiger partial charge >= 0.3 is 0 Å². The van der Waals surface area contributed by atoms with E-state index in [0.717, 1.165) is 13.1 Å². The highest BCUT2D eigenvalue weighted by Crippen LogP contribution is 2.18. The van der Waals surface area contributed by atoms with Gasteiger partial charge in [-0.1, -0.05) is 36.2 Å². The van der Waals surface area contributed by atoms with Gasteiger partial charge in [-0.05, 0) is 26.0 Å². The summed E-state index contributed by atoms with van der Waals surface area (Å²) in [5.41, 5.74) is 3.91. The van der Waals surface area contributed by atoms with Crippen molar-refractivity contribution in [2.24, 2.45) is 0 Å². The summed E-state index contributed by atoms with van der Waals surface area (Å²) in [7, 11) is 0. The summed E-state index contributed by atoms with van der Waals surface area (Å²) in [5.74, 6) is 0. The van der Waals surface area contributed by atoms with Crippen molar-refractivity contribution in [2.45, 2.75) is 33.4 Å². The van der Waals surface area contributed by atoms with Crippen LogP contribution in [0.2, 0.25) is 0 Å². The van der Waals surface area contributed by atoms with Crippen LogP contribution in [0, 0.1) is 13.8 Å². The van der Waals surface area contributed by atoms with Crippen molar-refractivity contribution in [3.63, 3.8) is 0 Å². The number of nitrogens with one attached hydrogen (secondary N) is 1. The lowest BCUT2D eigenvalue weighted by molar-refractivity contribution is 0.447. The average molecular weight is 244 g/mol. The normalized spacial score (nSPS) is 12.6. The molecule has 1 unspecified atom stereocenters. The van der Waals surface area contributed by atoms with Crippen molar-refractivity contribution in [1.29, 1.82) is 0 Å². The van der Waals surface area contributed by atoms with Crippen LogP contribution in [-0.2, 0) is 6.54 Å². The summed E-state index contributed by atoms with van der Waals surface area (Å²) >= 11 is 0. The summed E-state index contributed by atoms with van der Waals surface area (Å²) in [4.78, 5) is 3.99. The maximum atomic E-state index is 4.17. The number of aromatic nitrogens is 3. The number of nitrogens with zero attached hydrogens (tertiary/aromatic N) is 3. The van der Waals surface area contributed by atoms with Crippen molar-refractivity contribution in [3.05, 3.63) is 47.5 Å². The van der Waals surface area contributed by atoms with Crippen molar-refractivity contribution in [1.82, 2.24) is 20.1 Å². The molecule has 1 aromatic heterocycles. The van der Waals surface area contributed by atoms with Gasteiger partial charge in [-0.15, -0.1) is 0 Å². The van der Waals surface area contributed by atoms with E-state index in [-0.39, 0.29) is 6.04 Å². The molecule has 0 saturated heterocycles. The van der Waals surface area contributed by atoms with Crippen LogP contribution in [-0.4, -0.2) is 21.3 Å². The second-order valence-corrected chi connectivity index (χ2v) is 4.65. The number of benzene rings is 1. The van der Waals surface area contributed by atoms with Gasteiger partial charge < -0.3 is 5.32 Å². The molecular weight excluding hydrogens is 224 g/mol. The fourth-order valence-electron chi connectivity index (χ4n) is 2.26. The van der Waals surface area contributed by atoms with Gasteiger partial charge in [0, 0.05) is 0 Å². The highest BCUT2D eigenvalue weighted by atomic mass is 15.3. The van der Waals surface area contributed by atoms with Gasteiger partial charge in [-0.3, -0.25) is 4.68 Å². The fraction of sp³-hybridized carbons (Fsp3) is 0.429. The molecule has 96 valence electrons. The van der Waals surface area contributed by atoms with Crippen LogP contribution in [0.25, 0.3) is 0 Å². The highest BCUT2D eigenvalue weighted by molar-refractivity contribution is 5.30. The van der Waals surface area contributed by atoms with E-state index in [1.807, 2.05) is 4.68 Å². The van der Waals surface area contributed by atoms with Crippen LogP contribution in [0.15, 0.2) is 30.9 Å². The van der Waals surface area contributed by atoms with Gasteiger partial charge in [0.15, 0.2) is 0 Å². The molecule has 4 nitrogen and oxygen atoms in total. The number of hydrogen-bond donors (Lipinski definition) is 1. The minimum Gasteiger partial charge on any atom is -0.309 e. The Morgan fingerprint density at radius 3 is 2.50 bits per heavy atom. The lowest BCUT2D eigenvalue weighted by Gasteiger charge is -2.19. The smallest absolute Gasteiger partial charge is 0.137 e. The van der Waals surface area contributed by atoms with E-state index in [1.54, 1.807) is 12.7 Å². The molecule has 1 heterocycles. The van der Waals surface area contributed by atoms with Crippen LogP contribution < -0.4 is 5.32 Å². The fourth-order valence-corrected chi connectivity index (χ4v) is 2.26. The lowest BCUT2D eigenvalue weighted by atomic mass is 10.0. The van der Waals surface area contributed by atoms with Crippen molar-refractivity contribution in [2.75, 3.05) is 6.54 Å². The van der Waals surface area contributed by atoms with Crippen molar-refractivity contribution < 1.29 is 0 Å². The standard InChI is InChI=1S/C14H20N4/c1-4-16-14(8-18-10-15-9-17-18)13-6-11(2)5-12(3)7-13/h5-7,9-10,14,16H,4,8H2,1-3H3. The molecule has 0 bridgehead atoms. The molecule has 0 amide bonds. The Balaban J connectivity index is 2.23. The second kappa shape index (κ2) is 5.78. The molecule has 0 radical (unpaired) electrons. The predicted octanol–water partition coefficient (Wildman–Crippen LogP) is 2.25. The summed E-state index contributed by atoms with van der Waals surface area (Å²) < 4.78 is 1.87. The van der Waals surface area contributed by atoms with Crippen LogP contribution in [0.3, 0.4) is 0 Å². The second-order valence-electron chi connectivity index (χ2n) is 4.65. The Hall–Kier alpha value is -1.68. The van der Waals surface area contributed by atoms with Gasteiger partial charge in [0.25, 0.3) is 0 Å². The van der Waals surface area contributed by atoms with Crippen LogP contribution in [0.1, 0.15) is 29.7 Å². The lowest BCUT2D eigenvalue weighted by Crippen LogP contribution is -2.25. The Bertz CT molecular complexity index is 470. The zero-order valence-electron chi connectivity index (χ0n) is 11.2. The third-order valence-corrected chi connectivity index (χ3v) is 2.93. The third-order valence-electron chi connectivity index (χ3n) is 2.93. The molecule has 1 aromatic carbocycles. The first-order valence-electron chi connectivity index (χ1n) is 6.33. The Kier molecular flexibility index (Phi) is 4.10. The zero-order chi connectivity index (χ0) is 13.0. The van der Waals surface area contributed by atoms with E-state index in [1.165, 1.54) is 16.7 Å². The van der Waals surface area contributed by atoms with Gasteiger partial charge in [-0.25, -0.2) is 4.98 Å². The summed E-state index contributed by atoms with van der Waals surface area (Å²) in [5, 5.41) is 7.68. The summed E-state index contributed by atoms with van der Waals surface area (Å²) in [6.45, 7) is 8.13. The molecule has 0 aliphatic carbocycles. The third kappa shape index (κ3) is 3.17. The molecule has 2 aromatic rings. The molecule has 1 N–H and O–H groups in total. The Labute approximate surface area is 108 Å². The first-order valence-corrected chi connectivity index (χ1v) is 6.33. The van der Waals surface area contributed by atoms with E-state index < -0.39 is 0 Å². The number of hydrogen-bond acceptors (Lipinski definition) is 3. The average Bonchev–Trinajstić information content (AvgIpc) is 2.80. The van der Waals surface area contributed by atoms with E-state index in [9.17, 15) is 0 Å². The van der Waals surface area contributed by atoms with E-state index in [0.29, 0.717) is 0 Å². The van der Waals surface area contributed by atoms with Crippen LogP contribution >= 0.6 is 0 Å². The molecule has 18 heavy (non-hydrogen) atoms. The Morgan fingerprint density at radius 1 is 1.22 bits per heavy atom. The molecule has 0 spiro atoms. The topological polar surface area (TPSA) is 42.7 Å². The highest BCUT2D eigenvalue weighted by Gasteiger charge is 2.12. The predicted molar refractivity (Wildman–Crippen MR) is 72.4 cm³/mol. The first-order chi connectivity index (χ1) is 8.69. The largest absolute Gasteiger partial charge is 0.309 e. The molecule has 2 rings (SSSR count). The molecule has 0 fully saturated rings. The number of aryl methyl sites for hydroxylation is 2. The molecule has 4 heteroatoms. The SMILES string of the molecule is CCNC(Cn1cncn1)c1cc(C)cc(C)c1. The quantitative estimate of drug-likeness (QED) is 0.877. The minimum atomic E-state index is 0.273. The van der Waals surface area contributed by atoms with Gasteiger partial charge in [0.05, 0.1) is 12.6 Å². The molecular formula is C14H20N4. The maximum absolute atomic E-state index is 4.17. The minimum absolute atomic E-state index is 0.273. The summed E-state index contributed by atoms with van der Waals surface area (Å²) in [6, 6.07) is 6.94. The van der Waals surface area contributed by atoms with Crippen LogP contribution in [0.4, 0.5) is 0 Å². The van der Waals surface area contributed by atoms with E-state index >= 15 is 0 Å². The summed E-state index contributed by atoms with van der Waals surface area (Å²) in [6.07, 6.45) is 3.33. The molecule has 0 aliphatic rings. The Morgan fingerprint density at radius 2 is 1.94 bits per heavy atom. The van der Waals surface area contributed by atoms with E-state index in [2.05, 4.69) is 54.4 Å². The van der Waals surface area contributed by atoms with Gasteiger partial charge in [0.1, 0.15) is 12.7 Å². The first kappa shape index (κ1) is 12.8. The number of likely N-dealkylation sites (N-methyl/N-ethyl adjacent to an activating group) is 1. The van der Waals surface area contributed by atoms with E-state index in [4.69, 9.17) is 0 Å². The van der Waals surface area contributed by atoms with Gasteiger partial charge in [0.2, 0.25) is 0 Å². The molecule has 1 atom stereocenters. The van der Waals surface area contributed by atoms with Gasteiger partial charge in [-0.2, -0.15) is 5.10 Å². The van der Waals surface area contributed by atoms with Crippen LogP contribution in [0.5, 0.6) is 0 Å². The molecule has 0 aliphatic heterocycles.